The molecule has 4 atom stereocenters. The fourth-order valence-corrected chi connectivity index (χ4v) is 4.15. The van der Waals surface area contributed by atoms with Crippen molar-refractivity contribution >= 4 is 12.0 Å². The van der Waals surface area contributed by atoms with Crippen molar-refractivity contribution in [1.82, 2.24) is 10.2 Å². The van der Waals surface area contributed by atoms with Crippen LogP contribution in [-0.4, -0.2) is 58.4 Å². The number of aliphatic hydroxyl groups excluding tert-OH is 1. The van der Waals surface area contributed by atoms with Crippen LogP contribution in [0.15, 0.2) is 60.7 Å². The number of benzene rings is 2. The van der Waals surface area contributed by atoms with Gasteiger partial charge in [0, 0.05) is 13.1 Å². The summed E-state index contributed by atoms with van der Waals surface area (Å²) in [4.78, 5) is 25.9. The molecule has 2 amide bonds. The number of likely N-dealkylation sites (N-methyl/N-ethyl adjacent to an activating group) is 1. The van der Waals surface area contributed by atoms with E-state index in [1.54, 1.807) is 0 Å². The number of carbonyl (C=O) groups excluding carboxylic acids is 1. The van der Waals surface area contributed by atoms with E-state index in [4.69, 9.17) is 5.73 Å². The van der Waals surface area contributed by atoms with E-state index in [0.717, 1.165) is 16.0 Å². The Morgan fingerprint density at radius 1 is 0.970 bits per heavy atom. The normalized spacial score (nSPS) is 15.2. The van der Waals surface area contributed by atoms with Gasteiger partial charge in [-0.25, -0.2) is 4.79 Å². The zero-order chi connectivity index (χ0) is 24.6. The molecule has 0 aliphatic carbocycles. The first-order valence-electron chi connectivity index (χ1n) is 11.3. The van der Waals surface area contributed by atoms with Gasteiger partial charge in [0.05, 0.1) is 12.1 Å². The van der Waals surface area contributed by atoms with Gasteiger partial charge in [-0.3, -0.25) is 9.69 Å². The van der Waals surface area contributed by atoms with Crippen LogP contribution in [0.4, 0.5) is 4.79 Å². The third kappa shape index (κ3) is 8.18. The lowest BCUT2D eigenvalue weighted by atomic mass is 9.84. The highest BCUT2D eigenvalue weighted by molar-refractivity contribution is 5.86. The molecule has 2 aromatic rings. The van der Waals surface area contributed by atoms with Crippen LogP contribution in [0.2, 0.25) is 0 Å². The van der Waals surface area contributed by atoms with E-state index < -0.39 is 35.6 Å². The van der Waals surface area contributed by atoms with E-state index in [9.17, 15) is 19.8 Å². The molecule has 0 fully saturated rings. The van der Waals surface area contributed by atoms with Crippen molar-refractivity contribution < 1.29 is 19.8 Å². The van der Waals surface area contributed by atoms with Crippen molar-refractivity contribution in [1.29, 1.82) is 0 Å². The lowest BCUT2D eigenvalue weighted by Crippen LogP contribution is -2.58. The fourth-order valence-electron chi connectivity index (χ4n) is 4.15. The fraction of sp³-hybridized carbons (Fsp3) is 0.462. The molecule has 7 heteroatoms. The average Bonchev–Trinajstić information content (AvgIpc) is 2.73. The molecule has 33 heavy (non-hydrogen) atoms. The molecule has 0 saturated carbocycles. The Bertz CT molecular complexity index is 883. The van der Waals surface area contributed by atoms with Crippen LogP contribution in [0.5, 0.6) is 0 Å². The molecule has 0 aromatic heterocycles. The number of nitrogens with two attached hydrogens (primary N) is 1. The third-order valence-corrected chi connectivity index (χ3v) is 5.73. The summed E-state index contributed by atoms with van der Waals surface area (Å²) in [6.07, 6.45) is -0.782. The molecule has 0 aliphatic heterocycles. The van der Waals surface area contributed by atoms with Gasteiger partial charge in [0.1, 0.15) is 6.04 Å². The lowest BCUT2D eigenvalue weighted by Gasteiger charge is -2.37. The molecule has 0 heterocycles. The second-order valence-corrected chi connectivity index (χ2v) is 9.72. The summed E-state index contributed by atoms with van der Waals surface area (Å²) in [7, 11) is 1.39. The topological polar surface area (TPSA) is 116 Å². The van der Waals surface area contributed by atoms with Crippen molar-refractivity contribution in [3.05, 3.63) is 71.8 Å². The summed E-state index contributed by atoms with van der Waals surface area (Å²) in [5, 5.41) is 23.5. The Hall–Kier alpha value is -2.90. The van der Waals surface area contributed by atoms with E-state index in [0.29, 0.717) is 19.3 Å². The molecule has 0 spiro atoms. The highest BCUT2D eigenvalue weighted by Crippen LogP contribution is 2.25. The number of carbonyl (C=O) groups is 2. The first-order valence-corrected chi connectivity index (χ1v) is 11.3. The summed E-state index contributed by atoms with van der Waals surface area (Å²) in [5.41, 5.74) is 7.73. The van der Waals surface area contributed by atoms with E-state index in [2.05, 4.69) is 5.32 Å². The molecular weight excluding hydrogens is 418 g/mol. The third-order valence-electron chi connectivity index (χ3n) is 5.73. The number of rotatable bonds is 10. The highest BCUT2D eigenvalue weighted by atomic mass is 16.4. The zero-order valence-corrected chi connectivity index (χ0v) is 19.9. The number of amides is 2. The molecule has 0 unspecified atom stereocenters. The predicted octanol–water partition coefficient (Wildman–Crippen LogP) is 3.06. The van der Waals surface area contributed by atoms with Gasteiger partial charge in [0.15, 0.2) is 0 Å². The van der Waals surface area contributed by atoms with Crippen molar-refractivity contribution in [3.8, 4) is 0 Å². The van der Waals surface area contributed by atoms with Crippen LogP contribution in [-0.2, 0) is 17.6 Å². The first-order chi connectivity index (χ1) is 15.5. The standard InChI is InChI=1S/C26H37N3O4/c1-26(2,3)23(29(4)25(32)33)24(31)28-21(16-19-13-9-6-10-14-19)22(30)17-20(27)15-18-11-7-5-8-12-18/h5-14,20-23,30H,15-17,27H2,1-4H3,(H,28,31)(H,32,33)/t20-,21-,22-,23+/m0/s1. The molecule has 2 rings (SSSR count). The second-order valence-electron chi connectivity index (χ2n) is 9.72. The summed E-state index contributed by atoms with van der Waals surface area (Å²) in [6, 6.07) is 17.6. The number of nitrogens with one attached hydrogen (secondary N) is 1. The number of hydrogen-bond acceptors (Lipinski definition) is 4. The lowest BCUT2D eigenvalue weighted by molar-refractivity contribution is -0.130. The molecular formula is C26H37N3O4. The van der Waals surface area contributed by atoms with Gasteiger partial charge in [-0.15, -0.1) is 0 Å². The minimum absolute atomic E-state index is 0.293. The van der Waals surface area contributed by atoms with E-state index in [-0.39, 0.29) is 6.04 Å². The van der Waals surface area contributed by atoms with Crippen molar-refractivity contribution in [2.75, 3.05) is 7.05 Å². The van der Waals surface area contributed by atoms with E-state index in [1.165, 1.54) is 7.05 Å². The monoisotopic (exact) mass is 455 g/mol. The van der Waals surface area contributed by atoms with E-state index in [1.807, 2.05) is 81.4 Å². The maximum atomic E-state index is 13.3. The van der Waals surface area contributed by atoms with Crippen LogP contribution < -0.4 is 11.1 Å². The first kappa shape index (κ1) is 26.4. The zero-order valence-electron chi connectivity index (χ0n) is 19.9. The molecule has 0 aliphatic rings. The Morgan fingerprint density at radius 2 is 1.45 bits per heavy atom. The Morgan fingerprint density at radius 3 is 1.91 bits per heavy atom. The summed E-state index contributed by atoms with van der Waals surface area (Å²) >= 11 is 0. The maximum absolute atomic E-state index is 13.3. The number of hydrogen-bond donors (Lipinski definition) is 4. The van der Waals surface area contributed by atoms with Crippen molar-refractivity contribution in [3.63, 3.8) is 0 Å². The van der Waals surface area contributed by atoms with Crippen LogP contribution in [0.25, 0.3) is 0 Å². The summed E-state index contributed by atoms with van der Waals surface area (Å²) < 4.78 is 0. The van der Waals surface area contributed by atoms with Gasteiger partial charge in [-0.1, -0.05) is 81.4 Å². The molecule has 2 aromatic carbocycles. The number of nitrogens with zero attached hydrogens (tertiary/aromatic N) is 1. The van der Waals surface area contributed by atoms with Crippen molar-refractivity contribution in [2.45, 2.75) is 64.3 Å². The summed E-state index contributed by atoms with van der Waals surface area (Å²) in [5.74, 6) is -0.441. The van der Waals surface area contributed by atoms with Gasteiger partial charge in [0.25, 0.3) is 0 Å². The molecule has 180 valence electrons. The minimum atomic E-state index is -1.19. The molecule has 0 bridgehead atoms. The van der Waals surface area contributed by atoms with Crippen LogP contribution >= 0.6 is 0 Å². The Kier molecular flexibility index (Phi) is 9.44. The van der Waals surface area contributed by atoms with Gasteiger partial charge in [0.2, 0.25) is 5.91 Å². The van der Waals surface area contributed by atoms with Gasteiger partial charge in [-0.2, -0.15) is 0 Å². The van der Waals surface area contributed by atoms with Crippen molar-refractivity contribution in [2.24, 2.45) is 11.1 Å². The molecule has 0 saturated heterocycles. The van der Waals surface area contributed by atoms with Crippen LogP contribution in [0.3, 0.4) is 0 Å². The van der Waals surface area contributed by atoms with Gasteiger partial charge in [-0.05, 0) is 35.8 Å². The van der Waals surface area contributed by atoms with E-state index >= 15 is 0 Å². The van der Waals surface area contributed by atoms with Gasteiger partial charge < -0.3 is 21.3 Å². The Balaban J connectivity index is 2.19. The predicted molar refractivity (Wildman–Crippen MR) is 130 cm³/mol. The maximum Gasteiger partial charge on any atom is 0.407 e. The summed E-state index contributed by atoms with van der Waals surface area (Å²) in [6.45, 7) is 5.44. The molecule has 7 nitrogen and oxygen atoms in total. The highest BCUT2D eigenvalue weighted by Gasteiger charge is 2.38. The second kappa shape index (κ2) is 11.8. The average molecular weight is 456 g/mol. The molecule has 0 radical (unpaired) electrons. The van der Waals surface area contributed by atoms with Gasteiger partial charge >= 0.3 is 6.09 Å². The van der Waals surface area contributed by atoms with Crippen LogP contribution in [0, 0.1) is 5.41 Å². The number of aliphatic hydroxyl groups is 1. The molecule has 5 N–H and O–H groups in total. The quantitative estimate of drug-likeness (QED) is 0.439. The largest absolute Gasteiger partial charge is 0.465 e. The minimum Gasteiger partial charge on any atom is -0.465 e. The van der Waals surface area contributed by atoms with Crippen LogP contribution in [0.1, 0.15) is 38.3 Å². The number of carboxylic acid groups (broad SMARTS) is 1. The SMILES string of the molecule is CN(C(=O)O)[C@H](C(=O)N[C@@H](Cc1ccccc1)[C@@H](O)C[C@@H](N)Cc1ccccc1)C(C)(C)C. The smallest absolute Gasteiger partial charge is 0.407 e. The Labute approximate surface area is 196 Å².